The highest BCUT2D eigenvalue weighted by Gasteiger charge is 2.20. The van der Waals surface area contributed by atoms with Gasteiger partial charge in [0, 0.05) is 0 Å². The molecule has 18 heavy (non-hydrogen) atoms. The Morgan fingerprint density at radius 2 is 1.50 bits per heavy atom. The van der Waals surface area contributed by atoms with Crippen molar-refractivity contribution in [3.8, 4) is 0 Å². The van der Waals surface area contributed by atoms with E-state index in [1.165, 1.54) is 45.4 Å². The number of halogens is 1. The molecule has 0 aromatic carbocycles. The van der Waals surface area contributed by atoms with E-state index >= 15 is 0 Å². The van der Waals surface area contributed by atoms with Gasteiger partial charge < -0.3 is 4.74 Å². The first-order valence-electron chi connectivity index (χ1n) is 6.90. The Hall–Kier alpha value is -0.380. The number of ether oxygens (including phenoxy) is 1. The molecule has 0 radical (unpaired) electrons. The van der Waals surface area contributed by atoms with Gasteiger partial charge >= 0.3 is 5.97 Å². The minimum Gasteiger partial charge on any atom is -0.465 e. The van der Waals surface area contributed by atoms with Gasteiger partial charge in [-0.3, -0.25) is 9.59 Å². The maximum absolute atomic E-state index is 11.3. The molecule has 0 spiro atoms. The van der Waals surface area contributed by atoms with Crippen molar-refractivity contribution in [2.45, 2.75) is 70.0 Å². The molecular weight excluding hydrogens is 296 g/mol. The fourth-order valence-corrected chi connectivity index (χ4v) is 1.78. The second kappa shape index (κ2) is 11.7. The van der Waals surface area contributed by atoms with Gasteiger partial charge in [0.15, 0.2) is 10.6 Å². The van der Waals surface area contributed by atoms with Crippen LogP contribution in [0.4, 0.5) is 0 Å². The number of alkyl halides is 1. The average molecular weight is 321 g/mol. The van der Waals surface area contributed by atoms with Crippen LogP contribution in [0.5, 0.6) is 0 Å². The molecule has 0 amide bonds. The van der Waals surface area contributed by atoms with Gasteiger partial charge in [0.1, 0.15) is 0 Å². The molecule has 1 unspecified atom stereocenters. The summed E-state index contributed by atoms with van der Waals surface area (Å²) in [6, 6.07) is 0. The van der Waals surface area contributed by atoms with Crippen LogP contribution >= 0.6 is 15.9 Å². The Balaban J connectivity index is 3.30. The van der Waals surface area contributed by atoms with Crippen LogP contribution in [0.15, 0.2) is 0 Å². The lowest BCUT2D eigenvalue weighted by Gasteiger charge is -2.07. The van der Waals surface area contributed by atoms with Crippen molar-refractivity contribution >= 4 is 27.7 Å². The summed E-state index contributed by atoms with van der Waals surface area (Å²) in [5.74, 6) is -0.679. The zero-order chi connectivity index (χ0) is 13.8. The first kappa shape index (κ1) is 17.6. The van der Waals surface area contributed by atoms with Gasteiger partial charge in [-0.25, -0.2) is 0 Å². The zero-order valence-corrected chi connectivity index (χ0v) is 13.1. The zero-order valence-electron chi connectivity index (χ0n) is 11.5. The Morgan fingerprint density at radius 3 is 2.00 bits per heavy atom. The fraction of sp³-hybridized carbons (Fsp3) is 0.857. The standard InChI is InChI=1S/C14H25BrO3/c1-3-4-5-6-7-8-9-10-11-18-14(17)13(15)12(2)16/h13H,3-11H2,1-2H3. The molecule has 3 nitrogen and oxygen atoms in total. The molecule has 0 bridgehead atoms. The number of rotatable bonds is 11. The molecular formula is C14H25BrO3. The number of esters is 1. The van der Waals surface area contributed by atoms with Gasteiger partial charge in [0.05, 0.1) is 6.61 Å². The molecule has 0 aromatic heterocycles. The van der Waals surface area contributed by atoms with E-state index < -0.39 is 10.8 Å². The van der Waals surface area contributed by atoms with Gasteiger partial charge in [-0.05, 0) is 13.3 Å². The van der Waals surface area contributed by atoms with Crippen LogP contribution in [0, 0.1) is 0 Å². The maximum Gasteiger partial charge on any atom is 0.327 e. The van der Waals surface area contributed by atoms with Crippen molar-refractivity contribution in [3.63, 3.8) is 0 Å². The first-order chi connectivity index (χ1) is 8.59. The van der Waals surface area contributed by atoms with Gasteiger partial charge in [-0.15, -0.1) is 0 Å². The lowest BCUT2D eigenvalue weighted by molar-refractivity contribution is -0.144. The molecule has 0 heterocycles. The van der Waals surface area contributed by atoms with Crippen LogP contribution in [0.2, 0.25) is 0 Å². The quantitative estimate of drug-likeness (QED) is 0.250. The molecule has 0 aliphatic heterocycles. The third-order valence-corrected chi connectivity index (χ3v) is 3.82. The molecule has 0 aliphatic rings. The number of carbonyl (C=O) groups is 2. The number of carbonyl (C=O) groups excluding carboxylic acids is 2. The summed E-state index contributed by atoms with van der Waals surface area (Å²) in [6.45, 7) is 4.01. The van der Waals surface area contributed by atoms with E-state index in [1.807, 2.05) is 0 Å². The van der Waals surface area contributed by atoms with Crippen molar-refractivity contribution in [1.29, 1.82) is 0 Å². The molecule has 1 atom stereocenters. The number of unbranched alkanes of at least 4 members (excludes halogenated alkanes) is 7. The molecule has 106 valence electrons. The van der Waals surface area contributed by atoms with Crippen molar-refractivity contribution in [2.75, 3.05) is 6.61 Å². The summed E-state index contributed by atoms with van der Waals surface area (Å²) in [5.41, 5.74) is 0. The van der Waals surface area contributed by atoms with Crippen LogP contribution in [-0.4, -0.2) is 23.2 Å². The van der Waals surface area contributed by atoms with E-state index in [0.717, 1.165) is 12.8 Å². The molecule has 0 aromatic rings. The fourth-order valence-electron chi connectivity index (χ4n) is 1.65. The number of Topliss-reactive ketones (excluding diaryl/α,β-unsaturated/α-hetero) is 1. The predicted molar refractivity (Wildman–Crippen MR) is 77.0 cm³/mol. The minimum atomic E-state index is -0.799. The van der Waals surface area contributed by atoms with Gasteiger partial charge in [0.25, 0.3) is 0 Å². The summed E-state index contributed by atoms with van der Waals surface area (Å²) >= 11 is 3.00. The highest BCUT2D eigenvalue weighted by molar-refractivity contribution is 9.10. The van der Waals surface area contributed by atoms with E-state index in [2.05, 4.69) is 22.9 Å². The highest BCUT2D eigenvalue weighted by Crippen LogP contribution is 2.09. The van der Waals surface area contributed by atoms with Crippen LogP contribution in [-0.2, 0) is 14.3 Å². The molecule has 0 aliphatic carbocycles. The third kappa shape index (κ3) is 9.63. The summed E-state index contributed by atoms with van der Waals surface area (Å²) in [4.78, 5) is 21.4. The number of ketones is 1. The molecule has 0 fully saturated rings. The van der Waals surface area contributed by atoms with E-state index in [9.17, 15) is 9.59 Å². The molecule has 0 N–H and O–H groups in total. The van der Waals surface area contributed by atoms with Gasteiger partial charge in [0.2, 0.25) is 0 Å². The smallest absolute Gasteiger partial charge is 0.327 e. The SMILES string of the molecule is CCCCCCCCCCOC(=O)C(Br)C(C)=O. The molecule has 0 saturated carbocycles. The lowest BCUT2D eigenvalue weighted by atomic mass is 10.1. The Labute approximate surface area is 119 Å². The first-order valence-corrected chi connectivity index (χ1v) is 7.82. The largest absolute Gasteiger partial charge is 0.465 e. The summed E-state index contributed by atoms with van der Waals surface area (Å²) in [5, 5.41) is 0. The van der Waals surface area contributed by atoms with Crippen LogP contribution < -0.4 is 0 Å². The second-order valence-electron chi connectivity index (χ2n) is 4.62. The van der Waals surface area contributed by atoms with Crippen LogP contribution in [0.3, 0.4) is 0 Å². The maximum atomic E-state index is 11.3. The molecule has 0 rings (SSSR count). The Morgan fingerprint density at radius 1 is 1.00 bits per heavy atom. The Kier molecular flexibility index (Phi) is 11.4. The monoisotopic (exact) mass is 320 g/mol. The summed E-state index contributed by atoms with van der Waals surface area (Å²) in [7, 11) is 0. The topological polar surface area (TPSA) is 43.4 Å². The third-order valence-electron chi connectivity index (χ3n) is 2.81. The van der Waals surface area contributed by atoms with E-state index in [4.69, 9.17) is 4.74 Å². The van der Waals surface area contributed by atoms with Crippen molar-refractivity contribution in [2.24, 2.45) is 0 Å². The van der Waals surface area contributed by atoms with Crippen LogP contribution in [0.1, 0.15) is 65.2 Å². The van der Waals surface area contributed by atoms with Gasteiger partial charge in [-0.2, -0.15) is 0 Å². The van der Waals surface area contributed by atoms with Crippen molar-refractivity contribution in [3.05, 3.63) is 0 Å². The van der Waals surface area contributed by atoms with E-state index in [-0.39, 0.29) is 5.78 Å². The van der Waals surface area contributed by atoms with Gasteiger partial charge in [-0.1, -0.05) is 67.8 Å². The number of hydrogen-bond donors (Lipinski definition) is 0. The molecule has 0 saturated heterocycles. The van der Waals surface area contributed by atoms with E-state index in [1.54, 1.807) is 0 Å². The van der Waals surface area contributed by atoms with Crippen LogP contribution in [0.25, 0.3) is 0 Å². The Bertz CT molecular complexity index is 241. The molecule has 4 heteroatoms. The predicted octanol–water partition coefficient (Wildman–Crippen LogP) is 4.02. The minimum absolute atomic E-state index is 0.212. The average Bonchev–Trinajstić information content (AvgIpc) is 2.35. The summed E-state index contributed by atoms with van der Waals surface area (Å²) < 4.78 is 5.00. The summed E-state index contributed by atoms with van der Waals surface area (Å²) in [6.07, 6.45) is 9.68. The highest BCUT2D eigenvalue weighted by atomic mass is 79.9. The lowest BCUT2D eigenvalue weighted by Crippen LogP contribution is -2.24. The second-order valence-corrected chi connectivity index (χ2v) is 5.53. The van der Waals surface area contributed by atoms with Crippen molar-refractivity contribution < 1.29 is 14.3 Å². The van der Waals surface area contributed by atoms with E-state index in [0.29, 0.717) is 6.61 Å². The van der Waals surface area contributed by atoms with Crippen molar-refractivity contribution in [1.82, 2.24) is 0 Å². The normalized spacial score (nSPS) is 12.2. The number of hydrogen-bond acceptors (Lipinski definition) is 3.